The quantitative estimate of drug-likeness (QED) is 0.316. The first-order valence-electron chi connectivity index (χ1n) is 13.0. The number of ether oxygens (including phenoxy) is 2. The number of carbonyl (C=O) groups is 2. The summed E-state index contributed by atoms with van der Waals surface area (Å²) >= 11 is 4.60. The highest BCUT2D eigenvalue weighted by molar-refractivity contribution is 7.80. The van der Waals surface area contributed by atoms with E-state index in [9.17, 15) is 9.59 Å². The molecule has 0 atom stereocenters. The maximum Gasteiger partial charge on any atom is 0.409 e. The Balaban J connectivity index is 1.22. The van der Waals surface area contributed by atoms with Crippen molar-refractivity contribution in [2.45, 2.75) is 44.1 Å². The highest BCUT2D eigenvalue weighted by atomic mass is 32.1. The first-order valence-corrected chi connectivity index (χ1v) is 13.5. The zero-order chi connectivity index (χ0) is 27.0. The van der Waals surface area contributed by atoms with Crippen LogP contribution in [0.2, 0.25) is 0 Å². The molecule has 198 valence electrons. The molecular weight excluding hydrogens is 496 g/mol. The van der Waals surface area contributed by atoms with Crippen molar-refractivity contribution in [2.75, 3.05) is 37.7 Å². The Hall–Kier alpha value is -3.45. The van der Waals surface area contributed by atoms with Crippen LogP contribution in [0.25, 0.3) is 11.1 Å². The summed E-state index contributed by atoms with van der Waals surface area (Å²) < 4.78 is 11.4. The number of benzene rings is 3. The molecule has 38 heavy (non-hydrogen) atoms. The van der Waals surface area contributed by atoms with E-state index in [2.05, 4.69) is 41.8 Å². The Kier molecular flexibility index (Phi) is 7.14. The van der Waals surface area contributed by atoms with Gasteiger partial charge >= 0.3 is 12.1 Å². The van der Waals surface area contributed by atoms with Crippen molar-refractivity contribution in [1.82, 2.24) is 4.90 Å². The highest BCUT2D eigenvalue weighted by Crippen LogP contribution is 2.44. The van der Waals surface area contributed by atoms with E-state index in [1.807, 2.05) is 64.1 Å². The molecule has 0 saturated carbocycles. The predicted octanol–water partition coefficient (Wildman–Crippen LogP) is 6.31. The zero-order valence-electron chi connectivity index (χ0n) is 22.4. The van der Waals surface area contributed by atoms with Crippen LogP contribution in [0.3, 0.4) is 0 Å². The van der Waals surface area contributed by atoms with Gasteiger partial charge in [0.2, 0.25) is 0 Å². The lowest BCUT2D eigenvalue weighted by Gasteiger charge is -2.36. The lowest BCUT2D eigenvalue weighted by Crippen LogP contribution is -2.49. The van der Waals surface area contributed by atoms with Gasteiger partial charge in [0, 0.05) is 42.7 Å². The van der Waals surface area contributed by atoms with Crippen LogP contribution in [0.5, 0.6) is 0 Å². The predicted molar refractivity (Wildman–Crippen MR) is 152 cm³/mol. The van der Waals surface area contributed by atoms with Crippen LogP contribution in [-0.2, 0) is 9.47 Å². The lowest BCUT2D eigenvalue weighted by atomic mass is 9.98. The van der Waals surface area contributed by atoms with Gasteiger partial charge in [-0.05, 0) is 67.6 Å². The molecule has 1 amide bonds. The van der Waals surface area contributed by atoms with Crippen molar-refractivity contribution in [1.29, 1.82) is 0 Å². The van der Waals surface area contributed by atoms with E-state index in [4.69, 9.17) is 9.47 Å². The van der Waals surface area contributed by atoms with Gasteiger partial charge in [-0.2, -0.15) is 0 Å². The summed E-state index contributed by atoms with van der Waals surface area (Å²) in [6.07, 6.45) is -0.292. The van der Waals surface area contributed by atoms with Gasteiger partial charge in [-0.15, -0.1) is 12.6 Å². The smallest absolute Gasteiger partial charge is 0.409 e. The maximum absolute atomic E-state index is 13.0. The van der Waals surface area contributed by atoms with E-state index in [-0.39, 0.29) is 18.0 Å². The van der Waals surface area contributed by atoms with Gasteiger partial charge in [0.15, 0.2) is 0 Å². The summed E-state index contributed by atoms with van der Waals surface area (Å²) in [4.78, 5) is 30.5. The molecule has 1 aliphatic heterocycles. The SMILES string of the molecule is Cc1c(S)cc(N2CCN(C(=O)OCC3c4ccccc4-c4ccccc43)CC2)cc1C(=O)OC(C)(C)C. The number of fused-ring (bicyclic) bond motifs is 3. The molecule has 3 aromatic carbocycles. The van der Waals surface area contributed by atoms with Crippen molar-refractivity contribution in [3.63, 3.8) is 0 Å². The van der Waals surface area contributed by atoms with Crippen molar-refractivity contribution >= 4 is 30.4 Å². The first-order chi connectivity index (χ1) is 18.1. The second-order valence-corrected chi connectivity index (χ2v) is 11.4. The Labute approximate surface area is 230 Å². The summed E-state index contributed by atoms with van der Waals surface area (Å²) in [6.45, 7) is 10.1. The standard InChI is InChI=1S/C31H34N2O4S/c1-20-26(29(34)37-31(2,3)4)17-21(18-28(20)38)32-13-15-33(16-14-32)30(35)36-19-27-24-11-7-5-9-22(24)23-10-6-8-12-25(23)27/h5-12,17-18,27,38H,13-16,19H2,1-4H3. The number of thiol groups is 1. The molecule has 0 unspecified atom stereocenters. The normalized spacial score (nSPS) is 15.2. The van der Waals surface area contributed by atoms with Crippen LogP contribution in [0.1, 0.15) is 53.7 Å². The Bertz CT molecular complexity index is 1330. The molecule has 0 spiro atoms. The average molecular weight is 531 g/mol. The summed E-state index contributed by atoms with van der Waals surface area (Å²) in [5, 5.41) is 0. The van der Waals surface area contributed by atoms with Gasteiger partial charge in [0.25, 0.3) is 0 Å². The molecule has 0 aromatic heterocycles. The first kappa shape index (κ1) is 26.2. The van der Waals surface area contributed by atoms with Crippen LogP contribution in [0.4, 0.5) is 10.5 Å². The molecule has 1 aliphatic carbocycles. The van der Waals surface area contributed by atoms with Gasteiger partial charge in [-0.3, -0.25) is 0 Å². The van der Waals surface area contributed by atoms with Crippen LogP contribution < -0.4 is 4.90 Å². The van der Waals surface area contributed by atoms with Gasteiger partial charge in [0.1, 0.15) is 12.2 Å². The molecule has 1 heterocycles. The molecule has 0 radical (unpaired) electrons. The van der Waals surface area contributed by atoms with E-state index in [0.717, 1.165) is 16.1 Å². The molecule has 3 aromatic rings. The van der Waals surface area contributed by atoms with E-state index in [0.29, 0.717) is 38.3 Å². The van der Waals surface area contributed by atoms with Crippen molar-refractivity contribution in [2.24, 2.45) is 0 Å². The Morgan fingerprint density at radius 2 is 1.50 bits per heavy atom. The largest absolute Gasteiger partial charge is 0.456 e. The van der Waals surface area contributed by atoms with Crippen molar-refractivity contribution in [3.8, 4) is 11.1 Å². The molecule has 7 heteroatoms. The number of rotatable bonds is 4. The number of anilines is 1. The van der Waals surface area contributed by atoms with Crippen LogP contribution >= 0.6 is 12.6 Å². The van der Waals surface area contributed by atoms with Gasteiger partial charge in [-0.1, -0.05) is 48.5 Å². The third kappa shape index (κ3) is 5.25. The summed E-state index contributed by atoms with van der Waals surface area (Å²) in [7, 11) is 0. The molecule has 6 nitrogen and oxygen atoms in total. The van der Waals surface area contributed by atoms with Crippen LogP contribution in [0, 0.1) is 6.92 Å². The molecule has 1 saturated heterocycles. The number of hydrogen-bond donors (Lipinski definition) is 1. The second kappa shape index (κ2) is 10.4. The third-order valence-corrected chi connectivity index (χ3v) is 7.69. The van der Waals surface area contributed by atoms with E-state index in [1.54, 1.807) is 4.90 Å². The zero-order valence-corrected chi connectivity index (χ0v) is 23.3. The lowest BCUT2D eigenvalue weighted by molar-refractivity contribution is 0.00683. The number of piperazine rings is 1. The molecule has 5 rings (SSSR count). The van der Waals surface area contributed by atoms with E-state index >= 15 is 0 Å². The molecule has 0 N–H and O–H groups in total. The van der Waals surface area contributed by atoms with E-state index in [1.165, 1.54) is 22.3 Å². The second-order valence-electron chi connectivity index (χ2n) is 10.9. The number of hydrogen-bond acceptors (Lipinski definition) is 6. The number of nitrogens with zero attached hydrogens (tertiary/aromatic N) is 2. The summed E-state index contributed by atoms with van der Waals surface area (Å²) in [5.41, 5.74) is 6.46. The Morgan fingerprint density at radius 3 is 2.08 bits per heavy atom. The van der Waals surface area contributed by atoms with Gasteiger partial charge in [-0.25, -0.2) is 9.59 Å². The average Bonchev–Trinajstić information content (AvgIpc) is 3.21. The minimum Gasteiger partial charge on any atom is -0.456 e. The monoisotopic (exact) mass is 530 g/mol. The topological polar surface area (TPSA) is 59.1 Å². The number of esters is 1. The van der Waals surface area contributed by atoms with Crippen molar-refractivity contribution in [3.05, 3.63) is 82.9 Å². The minimum atomic E-state index is -0.578. The van der Waals surface area contributed by atoms with Gasteiger partial charge < -0.3 is 19.3 Å². The molecule has 2 aliphatic rings. The molecule has 0 bridgehead atoms. The highest BCUT2D eigenvalue weighted by Gasteiger charge is 2.31. The fourth-order valence-corrected chi connectivity index (χ4v) is 5.50. The summed E-state index contributed by atoms with van der Waals surface area (Å²) in [5.74, 6) is -0.315. The molecular formula is C31H34N2O4S. The van der Waals surface area contributed by atoms with Crippen LogP contribution in [0.15, 0.2) is 65.6 Å². The van der Waals surface area contributed by atoms with Gasteiger partial charge in [0.05, 0.1) is 5.56 Å². The minimum absolute atomic E-state index is 0.0419. The fraction of sp³-hybridized carbons (Fsp3) is 0.355. The summed E-state index contributed by atoms with van der Waals surface area (Å²) in [6, 6.07) is 20.5. The number of amides is 1. The Morgan fingerprint density at radius 1 is 0.921 bits per heavy atom. The number of carbonyl (C=O) groups excluding carboxylic acids is 2. The molecule has 1 fully saturated rings. The van der Waals surface area contributed by atoms with Crippen LogP contribution in [-0.4, -0.2) is 55.3 Å². The third-order valence-electron chi connectivity index (χ3n) is 7.22. The maximum atomic E-state index is 13.0. The fourth-order valence-electron chi connectivity index (χ4n) is 5.24. The van der Waals surface area contributed by atoms with E-state index < -0.39 is 5.60 Å². The van der Waals surface area contributed by atoms with Crippen molar-refractivity contribution < 1.29 is 19.1 Å².